The molecule has 3 N–H and O–H groups in total. The highest BCUT2D eigenvalue weighted by atomic mass is 35.5. The SMILES string of the molecule is CC(C)[C@H](Nc1nc(CN2CCN(Cc3cccc(Cl)c3Cl)CC2)nc2ccccc12)C(N)=O. The summed E-state index contributed by atoms with van der Waals surface area (Å²) < 4.78 is 0. The van der Waals surface area contributed by atoms with Gasteiger partial charge in [0.15, 0.2) is 0 Å². The molecule has 180 valence electrons. The van der Waals surface area contributed by atoms with E-state index in [1.165, 1.54) is 0 Å². The number of nitrogens with zero attached hydrogens (tertiary/aromatic N) is 4. The standard InChI is InChI=1S/C25H30Cl2N6O/c1-16(2)23(24(28)34)31-25-18-7-3-4-9-20(18)29-21(30-25)15-33-12-10-32(11-13-33)14-17-6-5-8-19(26)22(17)27/h3-9,16,23H,10-15H2,1-2H3,(H2,28,34)(H,29,30,31)/t23-/m0/s1. The highest BCUT2D eigenvalue weighted by molar-refractivity contribution is 6.42. The van der Waals surface area contributed by atoms with Crippen molar-refractivity contribution in [1.29, 1.82) is 0 Å². The van der Waals surface area contributed by atoms with Crippen molar-refractivity contribution in [2.45, 2.75) is 33.0 Å². The number of piperazine rings is 1. The second kappa shape index (κ2) is 10.9. The largest absolute Gasteiger partial charge is 0.368 e. The lowest BCUT2D eigenvalue weighted by Gasteiger charge is -2.34. The summed E-state index contributed by atoms with van der Waals surface area (Å²) in [6.07, 6.45) is 0. The second-order valence-electron chi connectivity index (χ2n) is 9.04. The zero-order valence-corrected chi connectivity index (χ0v) is 21.0. The van der Waals surface area contributed by atoms with Crippen molar-refractivity contribution in [3.05, 3.63) is 63.9 Å². The van der Waals surface area contributed by atoms with Crippen LogP contribution in [-0.2, 0) is 17.9 Å². The first kappa shape index (κ1) is 24.7. The molecule has 3 aromatic rings. The smallest absolute Gasteiger partial charge is 0.240 e. The van der Waals surface area contributed by atoms with Crippen LogP contribution in [0.25, 0.3) is 10.9 Å². The molecule has 1 aliphatic rings. The quantitative estimate of drug-likeness (QED) is 0.482. The number of primary amides is 1. The van der Waals surface area contributed by atoms with Crippen molar-refractivity contribution in [2.75, 3.05) is 31.5 Å². The first-order valence-electron chi connectivity index (χ1n) is 11.5. The minimum Gasteiger partial charge on any atom is -0.368 e. The van der Waals surface area contributed by atoms with Gasteiger partial charge in [-0.3, -0.25) is 14.6 Å². The molecule has 1 aromatic heterocycles. The summed E-state index contributed by atoms with van der Waals surface area (Å²) in [4.78, 5) is 26.3. The second-order valence-corrected chi connectivity index (χ2v) is 9.82. The molecule has 0 aliphatic carbocycles. The third kappa shape index (κ3) is 5.78. The summed E-state index contributed by atoms with van der Waals surface area (Å²) in [6, 6.07) is 13.1. The lowest BCUT2D eigenvalue weighted by atomic mass is 10.0. The van der Waals surface area contributed by atoms with Crippen LogP contribution in [0.15, 0.2) is 42.5 Å². The fourth-order valence-electron chi connectivity index (χ4n) is 4.24. The van der Waals surface area contributed by atoms with Crippen molar-refractivity contribution >= 4 is 45.8 Å². The molecule has 4 rings (SSSR count). The Hall–Kier alpha value is -2.45. The van der Waals surface area contributed by atoms with E-state index in [0.717, 1.165) is 55.0 Å². The molecule has 34 heavy (non-hydrogen) atoms. The molecule has 1 amide bonds. The fourth-order valence-corrected chi connectivity index (χ4v) is 4.62. The molecule has 7 nitrogen and oxygen atoms in total. The highest BCUT2D eigenvalue weighted by Gasteiger charge is 2.23. The van der Waals surface area contributed by atoms with Crippen LogP contribution in [0, 0.1) is 5.92 Å². The molecule has 2 heterocycles. The van der Waals surface area contributed by atoms with Gasteiger partial charge in [-0.05, 0) is 29.7 Å². The third-order valence-electron chi connectivity index (χ3n) is 6.17. The van der Waals surface area contributed by atoms with Gasteiger partial charge in [-0.2, -0.15) is 0 Å². The normalized spacial score (nSPS) is 16.1. The predicted molar refractivity (Wildman–Crippen MR) is 138 cm³/mol. The van der Waals surface area contributed by atoms with E-state index < -0.39 is 11.9 Å². The number of benzene rings is 2. The van der Waals surface area contributed by atoms with Crippen molar-refractivity contribution < 1.29 is 4.79 Å². The number of amides is 1. The Kier molecular flexibility index (Phi) is 7.88. The summed E-state index contributed by atoms with van der Waals surface area (Å²) in [7, 11) is 0. The Morgan fingerprint density at radius 2 is 1.68 bits per heavy atom. The van der Waals surface area contributed by atoms with Crippen LogP contribution in [-0.4, -0.2) is 57.9 Å². The monoisotopic (exact) mass is 500 g/mol. The number of nitrogens with one attached hydrogen (secondary N) is 1. The van der Waals surface area contributed by atoms with Gasteiger partial charge in [-0.1, -0.05) is 61.3 Å². The number of carbonyl (C=O) groups excluding carboxylic acids is 1. The Morgan fingerprint density at radius 3 is 2.35 bits per heavy atom. The first-order valence-corrected chi connectivity index (χ1v) is 12.3. The lowest BCUT2D eigenvalue weighted by Crippen LogP contribution is -2.45. The Labute approximate surface area is 210 Å². The van der Waals surface area contributed by atoms with Gasteiger partial charge in [0.2, 0.25) is 5.91 Å². The van der Waals surface area contributed by atoms with E-state index in [1.807, 2.05) is 56.3 Å². The molecule has 0 bridgehead atoms. The van der Waals surface area contributed by atoms with E-state index in [1.54, 1.807) is 0 Å². The molecule has 0 radical (unpaired) electrons. The number of halogens is 2. The van der Waals surface area contributed by atoms with Crippen molar-refractivity contribution in [3.8, 4) is 0 Å². The summed E-state index contributed by atoms with van der Waals surface area (Å²) in [5.74, 6) is 1.01. The molecular weight excluding hydrogens is 471 g/mol. The fraction of sp³-hybridized carbons (Fsp3) is 0.400. The minimum atomic E-state index is -0.506. The number of fused-ring (bicyclic) bond motifs is 1. The number of para-hydroxylation sites is 1. The van der Waals surface area contributed by atoms with Gasteiger partial charge in [0.25, 0.3) is 0 Å². The van der Waals surface area contributed by atoms with Crippen molar-refractivity contribution in [2.24, 2.45) is 11.7 Å². The summed E-state index contributed by atoms with van der Waals surface area (Å²) in [5.41, 5.74) is 7.52. The number of rotatable bonds is 8. The maximum absolute atomic E-state index is 12.0. The van der Waals surface area contributed by atoms with Crippen LogP contribution in [0.2, 0.25) is 10.0 Å². The molecule has 1 atom stereocenters. The Bertz CT molecular complexity index is 1160. The lowest BCUT2D eigenvalue weighted by molar-refractivity contribution is -0.119. The molecule has 1 fully saturated rings. The van der Waals surface area contributed by atoms with Crippen molar-refractivity contribution in [3.63, 3.8) is 0 Å². The number of carbonyl (C=O) groups is 1. The van der Waals surface area contributed by atoms with E-state index in [4.69, 9.17) is 38.9 Å². The van der Waals surface area contributed by atoms with Gasteiger partial charge in [0.05, 0.1) is 22.1 Å². The average molecular weight is 501 g/mol. The average Bonchev–Trinajstić information content (AvgIpc) is 2.81. The number of hydrogen-bond acceptors (Lipinski definition) is 6. The maximum Gasteiger partial charge on any atom is 0.240 e. The van der Waals surface area contributed by atoms with Crippen LogP contribution in [0.3, 0.4) is 0 Å². The number of nitrogens with two attached hydrogens (primary N) is 1. The van der Waals surface area contributed by atoms with Gasteiger partial charge >= 0.3 is 0 Å². The topological polar surface area (TPSA) is 87.4 Å². The van der Waals surface area contributed by atoms with Crippen molar-refractivity contribution in [1.82, 2.24) is 19.8 Å². The van der Waals surface area contributed by atoms with E-state index in [-0.39, 0.29) is 5.92 Å². The van der Waals surface area contributed by atoms with Gasteiger partial charge in [-0.15, -0.1) is 0 Å². The maximum atomic E-state index is 12.0. The van der Waals surface area contributed by atoms with E-state index >= 15 is 0 Å². The summed E-state index contributed by atoms with van der Waals surface area (Å²) in [6.45, 7) is 8.95. The molecular formula is C25H30Cl2N6O. The van der Waals surface area contributed by atoms with Crippen LogP contribution in [0.1, 0.15) is 25.2 Å². The molecule has 0 saturated carbocycles. The molecule has 0 unspecified atom stereocenters. The number of aromatic nitrogens is 2. The van der Waals surface area contributed by atoms with Crippen LogP contribution in [0.5, 0.6) is 0 Å². The molecule has 2 aromatic carbocycles. The van der Waals surface area contributed by atoms with Gasteiger partial charge in [-0.25, -0.2) is 9.97 Å². The first-order chi connectivity index (χ1) is 16.3. The molecule has 1 aliphatic heterocycles. The van der Waals surface area contributed by atoms with E-state index in [9.17, 15) is 4.79 Å². The highest BCUT2D eigenvalue weighted by Crippen LogP contribution is 2.27. The zero-order valence-electron chi connectivity index (χ0n) is 19.5. The Balaban J connectivity index is 1.45. The predicted octanol–water partition coefficient (Wildman–Crippen LogP) is 4.18. The van der Waals surface area contributed by atoms with Crippen LogP contribution >= 0.6 is 23.2 Å². The van der Waals surface area contributed by atoms with Gasteiger partial charge in [0, 0.05) is 38.1 Å². The minimum absolute atomic E-state index is 0.0377. The molecule has 0 spiro atoms. The van der Waals surface area contributed by atoms with E-state index in [2.05, 4.69) is 15.1 Å². The number of anilines is 1. The molecule has 1 saturated heterocycles. The van der Waals surface area contributed by atoms with Gasteiger partial charge in [0.1, 0.15) is 17.7 Å². The van der Waals surface area contributed by atoms with E-state index in [0.29, 0.717) is 22.4 Å². The summed E-state index contributed by atoms with van der Waals surface area (Å²) in [5, 5.41) is 5.36. The number of hydrogen-bond donors (Lipinski definition) is 2. The van der Waals surface area contributed by atoms with Gasteiger partial charge < -0.3 is 11.1 Å². The Morgan fingerprint density at radius 1 is 1.00 bits per heavy atom. The van der Waals surface area contributed by atoms with Crippen LogP contribution < -0.4 is 11.1 Å². The summed E-state index contributed by atoms with van der Waals surface area (Å²) >= 11 is 12.5. The third-order valence-corrected chi connectivity index (χ3v) is 7.03. The zero-order chi connectivity index (χ0) is 24.2. The molecule has 9 heteroatoms. The van der Waals surface area contributed by atoms with Crippen LogP contribution in [0.4, 0.5) is 5.82 Å².